The van der Waals surface area contributed by atoms with E-state index in [1.54, 1.807) is 6.92 Å². The first-order valence-electron chi connectivity index (χ1n) is 4.90. The zero-order chi connectivity index (χ0) is 12.3. The van der Waals surface area contributed by atoms with Crippen molar-refractivity contribution in [2.75, 3.05) is 12.4 Å². The predicted octanol–water partition coefficient (Wildman–Crippen LogP) is 2.09. The van der Waals surface area contributed by atoms with E-state index >= 15 is 0 Å². The van der Waals surface area contributed by atoms with Crippen molar-refractivity contribution in [3.05, 3.63) is 11.2 Å². The first-order valence-corrected chi connectivity index (χ1v) is 7.69. The van der Waals surface area contributed by atoms with Gasteiger partial charge in [0.05, 0.1) is 11.2 Å². The Labute approximate surface area is 105 Å². The van der Waals surface area contributed by atoms with Crippen LogP contribution in [0.1, 0.15) is 18.9 Å². The zero-order valence-electron chi connectivity index (χ0n) is 9.47. The Morgan fingerprint density at radius 1 is 1.56 bits per heavy atom. The number of hydrogen-bond acceptors (Lipinski definition) is 4. The van der Waals surface area contributed by atoms with Crippen LogP contribution in [0, 0.1) is 6.92 Å². The Hall–Kier alpha value is -0.170. The van der Waals surface area contributed by atoms with E-state index in [-0.39, 0.29) is 16.1 Å². The number of sulfonamides is 1. The topological polar surface area (TPSA) is 50.3 Å². The first-order chi connectivity index (χ1) is 7.39. The fourth-order valence-corrected chi connectivity index (χ4v) is 4.47. The highest BCUT2D eigenvalue weighted by atomic mass is 35.5. The van der Waals surface area contributed by atoms with Gasteiger partial charge in [-0.1, -0.05) is 0 Å². The van der Waals surface area contributed by atoms with Gasteiger partial charge in [0.25, 0.3) is 10.0 Å². The summed E-state index contributed by atoms with van der Waals surface area (Å²) in [5, 5.41) is 0.744. The van der Waals surface area contributed by atoms with Crippen LogP contribution in [0.15, 0.2) is 10.4 Å². The second kappa shape index (κ2) is 5.44. The lowest BCUT2D eigenvalue weighted by Crippen LogP contribution is -2.37. The van der Waals surface area contributed by atoms with Crippen molar-refractivity contribution in [2.45, 2.75) is 31.0 Å². The SMILES string of the molecule is Cc1ncc(S(=O)(=O)N(CCCl)C(C)C)s1. The van der Waals surface area contributed by atoms with Crippen LogP contribution in [0.2, 0.25) is 0 Å². The summed E-state index contributed by atoms with van der Waals surface area (Å²) in [5.41, 5.74) is 0. The molecule has 4 nitrogen and oxygen atoms in total. The molecule has 1 aromatic heterocycles. The van der Waals surface area contributed by atoms with Gasteiger partial charge in [0.15, 0.2) is 4.21 Å². The summed E-state index contributed by atoms with van der Waals surface area (Å²) in [6.07, 6.45) is 1.40. The van der Waals surface area contributed by atoms with Gasteiger partial charge in [-0.2, -0.15) is 4.31 Å². The van der Waals surface area contributed by atoms with Crippen molar-refractivity contribution in [1.29, 1.82) is 0 Å². The van der Waals surface area contributed by atoms with E-state index < -0.39 is 10.0 Å². The Bertz CT molecular complexity index is 442. The second-order valence-electron chi connectivity index (χ2n) is 3.60. The van der Waals surface area contributed by atoms with E-state index in [0.29, 0.717) is 6.54 Å². The lowest BCUT2D eigenvalue weighted by Gasteiger charge is -2.23. The number of alkyl halides is 1. The Morgan fingerprint density at radius 3 is 2.56 bits per heavy atom. The number of aromatic nitrogens is 1. The van der Waals surface area contributed by atoms with E-state index in [0.717, 1.165) is 5.01 Å². The number of hydrogen-bond donors (Lipinski definition) is 0. The highest BCUT2D eigenvalue weighted by Gasteiger charge is 2.28. The number of rotatable bonds is 5. The molecular formula is C9H15ClN2O2S2. The fourth-order valence-electron chi connectivity index (χ4n) is 1.32. The average molecular weight is 283 g/mol. The van der Waals surface area contributed by atoms with Crippen LogP contribution in [-0.4, -0.2) is 36.2 Å². The standard InChI is InChI=1S/C9H15ClN2O2S2/c1-7(2)12(5-4-10)16(13,14)9-6-11-8(3)15-9/h6-7H,4-5H2,1-3H3. The van der Waals surface area contributed by atoms with Gasteiger partial charge >= 0.3 is 0 Å². The van der Waals surface area contributed by atoms with Crippen LogP contribution in [0.25, 0.3) is 0 Å². The third-order valence-corrected chi connectivity index (χ3v) is 5.64. The normalized spacial score (nSPS) is 12.6. The van der Waals surface area contributed by atoms with Gasteiger partial charge in [-0.3, -0.25) is 0 Å². The summed E-state index contributed by atoms with van der Waals surface area (Å²) in [7, 11) is -3.44. The van der Waals surface area contributed by atoms with Crippen LogP contribution in [0.3, 0.4) is 0 Å². The molecule has 7 heteroatoms. The maximum Gasteiger partial charge on any atom is 0.254 e. The summed E-state index contributed by atoms with van der Waals surface area (Å²) in [5.74, 6) is 0.287. The molecule has 0 N–H and O–H groups in total. The summed E-state index contributed by atoms with van der Waals surface area (Å²) in [4.78, 5) is 3.96. The summed E-state index contributed by atoms with van der Waals surface area (Å²) in [6, 6.07) is -0.105. The van der Waals surface area contributed by atoms with Gasteiger partial charge in [0.1, 0.15) is 0 Å². The summed E-state index contributed by atoms with van der Waals surface area (Å²) < 4.78 is 26.1. The molecule has 1 aromatic rings. The Balaban J connectivity index is 3.08. The average Bonchev–Trinajstić information content (AvgIpc) is 2.61. The second-order valence-corrected chi connectivity index (χ2v) is 7.33. The van der Waals surface area contributed by atoms with E-state index in [1.165, 1.54) is 21.8 Å². The molecule has 0 radical (unpaired) electrons. The quantitative estimate of drug-likeness (QED) is 0.777. The molecule has 0 aliphatic carbocycles. The molecule has 0 spiro atoms. The minimum Gasteiger partial charge on any atom is -0.249 e. The molecule has 0 bridgehead atoms. The van der Waals surface area contributed by atoms with Crippen molar-refractivity contribution in [3.63, 3.8) is 0 Å². The van der Waals surface area contributed by atoms with E-state index in [2.05, 4.69) is 4.98 Å². The van der Waals surface area contributed by atoms with E-state index in [1.807, 2.05) is 13.8 Å². The Morgan fingerprint density at radius 2 is 2.19 bits per heavy atom. The fraction of sp³-hybridized carbons (Fsp3) is 0.667. The molecule has 16 heavy (non-hydrogen) atoms. The maximum absolute atomic E-state index is 12.2. The van der Waals surface area contributed by atoms with Crippen molar-refractivity contribution >= 4 is 33.0 Å². The molecule has 0 saturated carbocycles. The van der Waals surface area contributed by atoms with Crippen LogP contribution in [0.5, 0.6) is 0 Å². The number of nitrogens with zero attached hydrogens (tertiary/aromatic N) is 2. The smallest absolute Gasteiger partial charge is 0.249 e. The predicted molar refractivity (Wildman–Crippen MR) is 66.6 cm³/mol. The van der Waals surface area contributed by atoms with Gasteiger partial charge in [-0.25, -0.2) is 13.4 Å². The van der Waals surface area contributed by atoms with Gasteiger partial charge in [-0.15, -0.1) is 22.9 Å². The van der Waals surface area contributed by atoms with Crippen molar-refractivity contribution in [1.82, 2.24) is 9.29 Å². The first kappa shape index (κ1) is 13.9. The monoisotopic (exact) mass is 282 g/mol. The molecule has 0 atom stereocenters. The molecule has 0 aliphatic heterocycles. The molecule has 0 fully saturated rings. The molecule has 0 saturated heterocycles. The molecule has 0 aliphatic rings. The van der Waals surface area contributed by atoms with Crippen LogP contribution >= 0.6 is 22.9 Å². The van der Waals surface area contributed by atoms with Crippen molar-refractivity contribution < 1.29 is 8.42 Å². The van der Waals surface area contributed by atoms with Gasteiger partial charge in [0.2, 0.25) is 0 Å². The number of halogens is 1. The molecule has 1 rings (SSSR count). The zero-order valence-corrected chi connectivity index (χ0v) is 11.9. The van der Waals surface area contributed by atoms with Gasteiger partial charge < -0.3 is 0 Å². The number of aryl methyl sites for hydroxylation is 1. The molecular weight excluding hydrogens is 268 g/mol. The third kappa shape index (κ3) is 2.94. The maximum atomic E-state index is 12.2. The molecule has 0 aromatic carbocycles. The number of thiazole rings is 1. The lowest BCUT2D eigenvalue weighted by molar-refractivity contribution is 0.371. The molecule has 0 amide bonds. The Kier molecular flexibility index (Phi) is 4.73. The highest BCUT2D eigenvalue weighted by Crippen LogP contribution is 2.23. The summed E-state index contributed by atoms with van der Waals surface area (Å²) >= 11 is 6.80. The third-order valence-electron chi connectivity index (χ3n) is 2.04. The highest BCUT2D eigenvalue weighted by molar-refractivity contribution is 7.91. The van der Waals surface area contributed by atoms with Crippen molar-refractivity contribution in [2.24, 2.45) is 0 Å². The minimum atomic E-state index is -3.44. The van der Waals surface area contributed by atoms with Crippen LogP contribution < -0.4 is 0 Å². The van der Waals surface area contributed by atoms with Crippen molar-refractivity contribution in [3.8, 4) is 0 Å². The van der Waals surface area contributed by atoms with Gasteiger partial charge in [-0.05, 0) is 20.8 Å². The van der Waals surface area contributed by atoms with Crippen LogP contribution in [-0.2, 0) is 10.0 Å². The van der Waals surface area contributed by atoms with Gasteiger partial charge in [0, 0.05) is 18.5 Å². The molecule has 1 heterocycles. The van der Waals surface area contributed by atoms with E-state index in [9.17, 15) is 8.42 Å². The largest absolute Gasteiger partial charge is 0.254 e. The molecule has 0 unspecified atom stereocenters. The van der Waals surface area contributed by atoms with E-state index in [4.69, 9.17) is 11.6 Å². The summed E-state index contributed by atoms with van der Waals surface area (Å²) in [6.45, 7) is 5.76. The lowest BCUT2D eigenvalue weighted by atomic mass is 10.4. The molecule has 92 valence electrons. The van der Waals surface area contributed by atoms with Crippen LogP contribution in [0.4, 0.5) is 0 Å². The minimum absolute atomic E-state index is 0.105.